The second-order valence-electron chi connectivity index (χ2n) is 7.41. The number of hydrogen-bond acceptors (Lipinski definition) is 2. The summed E-state index contributed by atoms with van der Waals surface area (Å²) in [5.41, 5.74) is 4.47. The van der Waals surface area contributed by atoms with Gasteiger partial charge in [0, 0.05) is 31.2 Å². The highest BCUT2D eigenvalue weighted by molar-refractivity contribution is 5.94. The fraction of sp³-hybridized carbons (Fsp3) is 0.409. The third-order valence-corrected chi connectivity index (χ3v) is 5.76. The molecule has 1 fully saturated rings. The molecule has 1 heterocycles. The van der Waals surface area contributed by atoms with Crippen molar-refractivity contribution in [1.82, 2.24) is 10.2 Å². The molecule has 136 valence electrons. The normalized spacial score (nSPS) is 17.9. The van der Waals surface area contributed by atoms with E-state index < -0.39 is 0 Å². The lowest BCUT2D eigenvalue weighted by Gasteiger charge is -2.36. The van der Waals surface area contributed by atoms with Gasteiger partial charge in [-0.25, -0.2) is 4.39 Å². The van der Waals surface area contributed by atoms with Crippen molar-refractivity contribution >= 4 is 5.91 Å². The Morgan fingerprint density at radius 1 is 1.04 bits per heavy atom. The number of benzene rings is 2. The first-order valence-electron chi connectivity index (χ1n) is 9.57. The van der Waals surface area contributed by atoms with Crippen molar-refractivity contribution in [3.63, 3.8) is 0 Å². The lowest BCUT2D eigenvalue weighted by atomic mass is 9.91. The Bertz CT molecular complexity index is 783. The van der Waals surface area contributed by atoms with Crippen molar-refractivity contribution in [2.45, 2.75) is 44.7 Å². The molecule has 0 saturated heterocycles. The van der Waals surface area contributed by atoms with Crippen LogP contribution >= 0.6 is 0 Å². The van der Waals surface area contributed by atoms with E-state index in [1.54, 1.807) is 0 Å². The van der Waals surface area contributed by atoms with Crippen LogP contribution in [0.15, 0.2) is 42.5 Å². The van der Waals surface area contributed by atoms with E-state index in [1.807, 2.05) is 0 Å². The van der Waals surface area contributed by atoms with E-state index in [1.165, 1.54) is 54.7 Å². The van der Waals surface area contributed by atoms with Crippen LogP contribution in [0.25, 0.3) is 0 Å². The Morgan fingerprint density at radius 3 is 2.46 bits per heavy atom. The second-order valence-corrected chi connectivity index (χ2v) is 7.41. The number of halogens is 1. The van der Waals surface area contributed by atoms with E-state index >= 15 is 0 Å². The minimum atomic E-state index is -0.330. The number of rotatable bonds is 4. The number of carbonyl (C=O) groups excluding carboxylic acids is 1. The van der Waals surface area contributed by atoms with E-state index in [-0.39, 0.29) is 11.7 Å². The van der Waals surface area contributed by atoms with Gasteiger partial charge in [-0.15, -0.1) is 0 Å². The molecule has 0 atom stereocenters. The molecule has 0 bridgehead atoms. The van der Waals surface area contributed by atoms with E-state index in [4.69, 9.17) is 0 Å². The third kappa shape index (κ3) is 3.80. The molecule has 4 rings (SSSR count). The molecule has 2 aromatic rings. The van der Waals surface area contributed by atoms with Crippen LogP contribution in [0.4, 0.5) is 4.39 Å². The number of carbonyl (C=O) groups is 1. The number of amides is 1. The van der Waals surface area contributed by atoms with Gasteiger partial charge in [0.05, 0.1) is 0 Å². The Kier molecular flexibility index (Phi) is 5.02. The summed E-state index contributed by atoms with van der Waals surface area (Å²) in [7, 11) is 0. The predicted octanol–water partition coefficient (Wildman–Crippen LogP) is 3.71. The first-order valence-corrected chi connectivity index (χ1v) is 9.57. The van der Waals surface area contributed by atoms with Crippen LogP contribution < -0.4 is 5.32 Å². The lowest BCUT2D eigenvalue weighted by molar-refractivity contribution is 0.0951. The van der Waals surface area contributed by atoms with Gasteiger partial charge >= 0.3 is 0 Å². The molecule has 1 N–H and O–H groups in total. The van der Waals surface area contributed by atoms with Crippen LogP contribution in [-0.4, -0.2) is 29.9 Å². The maximum Gasteiger partial charge on any atom is 0.251 e. The Labute approximate surface area is 154 Å². The summed E-state index contributed by atoms with van der Waals surface area (Å²) in [6.45, 7) is 2.80. The summed E-state index contributed by atoms with van der Waals surface area (Å²) in [5, 5.41) is 2.93. The van der Waals surface area contributed by atoms with Gasteiger partial charge < -0.3 is 5.32 Å². The zero-order valence-electron chi connectivity index (χ0n) is 15.0. The van der Waals surface area contributed by atoms with Crippen molar-refractivity contribution < 1.29 is 9.18 Å². The molecule has 2 aliphatic rings. The monoisotopic (exact) mass is 352 g/mol. The van der Waals surface area contributed by atoms with Gasteiger partial charge in [0.1, 0.15) is 5.82 Å². The van der Waals surface area contributed by atoms with Gasteiger partial charge in [-0.05, 0) is 66.6 Å². The average Bonchev–Trinajstić information content (AvgIpc) is 2.81. The van der Waals surface area contributed by atoms with E-state index in [0.29, 0.717) is 12.1 Å². The zero-order chi connectivity index (χ0) is 17.9. The molecule has 4 heteroatoms. The molecule has 1 aliphatic carbocycles. The lowest BCUT2D eigenvalue weighted by Crippen LogP contribution is -2.41. The quantitative estimate of drug-likeness (QED) is 0.910. The molecule has 0 aromatic heterocycles. The average molecular weight is 352 g/mol. The zero-order valence-corrected chi connectivity index (χ0v) is 15.0. The fourth-order valence-corrected chi connectivity index (χ4v) is 3.91. The largest absolute Gasteiger partial charge is 0.348 e. The first kappa shape index (κ1) is 17.2. The standard InChI is InChI=1S/C22H25FN2O/c23-20-8-6-18(7-9-20)22(26)24-15-16-4-5-17-10-12-25(21-2-1-3-21)13-11-19(17)14-16/h4-9,14,21H,1-3,10-13,15H2,(H,24,26). The Hall–Kier alpha value is -2.20. The fourth-order valence-electron chi connectivity index (χ4n) is 3.91. The van der Waals surface area contributed by atoms with E-state index in [0.717, 1.165) is 37.5 Å². The molecule has 2 aromatic carbocycles. The van der Waals surface area contributed by atoms with Gasteiger partial charge in [0.2, 0.25) is 0 Å². The molecule has 1 saturated carbocycles. The van der Waals surface area contributed by atoms with E-state index in [9.17, 15) is 9.18 Å². The van der Waals surface area contributed by atoms with Gasteiger partial charge in [-0.1, -0.05) is 24.6 Å². The Balaban J connectivity index is 1.37. The van der Waals surface area contributed by atoms with Gasteiger partial charge in [0.15, 0.2) is 0 Å². The minimum Gasteiger partial charge on any atom is -0.348 e. The summed E-state index contributed by atoms with van der Waals surface area (Å²) in [6, 6.07) is 13.0. The van der Waals surface area contributed by atoms with Crippen molar-refractivity contribution in [3.8, 4) is 0 Å². The summed E-state index contributed by atoms with van der Waals surface area (Å²) in [5.74, 6) is -0.501. The molecule has 0 spiro atoms. The number of fused-ring (bicyclic) bond motifs is 1. The van der Waals surface area contributed by atoms with Crippen LogP contribution in [0.1, 0.15) is 46.3 Å². The Morgan fingerprint density at radius 2 is 1.77 bits per heavy atom. The van der Waals surface area contributed by atoms with E-state index in [2.05, 4.69) is 28.4 Å². The maximum atomic E-state index is 13.0. The second kappa shape index (κ2) is 7.58. The molecular formula is C22H25FN2O. The smallest absolute Gasteiger partial charge is 0.251 e. The van der Waals surface area contributed by atoms with Crippen LogP contribution in [0.2, 0.25) is 0 Å². The highest BCUT2D eigenvalue weighted by Gasteiger charge is 2.26. The number of nitrogens with one attached hydrogen (secondary N) is 1. The summed E-state index contributed by atoms with van der Waals surface area (Å²) < 4.78 is 13.0. The van der Waals surface area contributed by atoms with Crippen LogP contribution in [0, 0.1) is 5.82 Å². The summed E-state index contributed by atoms with van der Waals surface area (Å²) in [4.78, 5) is 14.8. The van der Waals surface area contributed by atoms with Crippen molar-refractivity contribution in [2.24, 2.45) is 0 Å². The SMILES string of the molecule is O=C(NCc1ccc2c(c1)CCN(C1CCC1)CC2)c1ccc(F)cc1. The van der Waals surface area contributed by atoms with Gasteiger partial charge in [-0.3, -0.25) is 9.69 Å². The number of nitrogens with zero attached hydrogens (tertiary/aromatic N) is 1. The van der Waals surface area contributed by atoms with Gasteiger partial charge in [-0.2, -0.15) is 0 Å². The highest BCUT2D eigenvalue weighted by Crippen LogP contribution is 2.27. The molecule has 0 radical (unpaired) electrons. The molecule has 0 unspecified atom stereocenters. The van der Waals surface area contributed by atoms with Crippen LogP contribution in [-0.2, 0) is 19.4 Å². The highest BCUT2D eigenvalue weighted by atomic mass is 19.1. The third-order valence-electron chi connectivity index (χ3n) is 5.76. The number of hydrogen-bond donors (Lipinski definition) is 1. The maximum absolute atomic E-state index is 13.0. The molecule has 26 heavy (non-hydrogen) atoms. The molecule has 3 nitrogen and oxygen atoms in total. The van der Waals surface area contributed by atoms with Crippen LogP contribution in [0.3, 0.4) is 0 Å². The predicted molar refractivity (Wildman–Crippen MR) is 101 cm³/mol. The first-order chi connectivity index (χ1) is 12.7. The van der Waals surface area contributed by atoms with Gasteiger partial charge in [0.25, 0.3) is 5.91 Å². The van der Waals surface area contributed by atoms with Crippen molar-refractivity contribution in [2.75, 3.05) is 13.1 Å². The molecule has 1 amide bonds. The molecule has 1 aliphatic heterocycles. The summed E-state index contributed by atoms with van der Waals surface area (Å²) in [6.07, 6.45) is 6.31. The van der Waals surface area contributed by atoms with Crippen LogP contribution in [0.5, 0.6) is 0 Å². The minimum absolute atomic E-state index is 0.170. The summed E-state index contributed by atoms with van der Waals surface area (Å²) >= 11 is 0. The topological polar surface area (TPSA) is 32.3 Å². The van der Waals surface area contributed by atoms with Crippen molar-refractivity contribution in [1.29, 1.82) is 0 Å². The van der Waals surface area contributed by atoms with Crippen molar-refractivity contribution in [3.05, 3.63) is 70.5 Å². The molecular weight excluding hydrogens is 327 g/mol.